The Bertz CT molecular complexity index is 4280. The molecule has 70 heavy (non-hydrogen) atoms. The number of rotatable bonds is 8. The van der Waals surface area contributed by atoms with Crippen LogP contribution in [0, 0.1) is 0 Å². The van der Waals surface area contributed by atoms with Crippen molar-refractivity contribution in [1.29, 1.82) is 0 Å². The standard InChI is InChI=1S/C66H42N2O2/c1-3-15-43(16-4-1)44-29-34-48(35-30-44)67(49-36-31-45(32-37-49)51-22-13-24-57-54-20-8-11-27-63(54)69-65(51)57)50-38-39-52(56-23-14-25-58-55-21-9-12-28-64(55)70-66(56)58)59(42-50)46-33-40-62-60(41-46)53-19-7-10-26-61(53)68(62)47-17-5-2-6-18-47/h1-42H. The molecule has 0 atom stereocenters. The number of hydrogen-bond acceptors (Lipinski definition) is 3. The molecular weight excluding hydrogens is 853 g/mol. The monoisotopic (exact) mass is 894 g/mol. The molecule has 11 aromatic carbocycles. The number of aromatic nitrogens is 1. The maximum absolute atomic E-state index is 6.74. The van der Waals surface area contributed by atoms with E-state index in [1.54, 1.807) is 0 Å². The molecule has 328 valence electrons. The van der Waals surface area contributed by atoms with Gasteiger partial charge in [-0.3, -0.25) is 0 Å². The van der Waals surface area contributed by atoms with E-state index in [-0.39, 0.29) is 0 Å². The molecule has 3 heterocycles. The fourth-order valence-corrected chi connectivity index (χ4v) is 10.7. The summed E-state index contributed by atoms with van der Waals surface area (Å²) in [4.78, 5) is 2.37. The number of anilines is 3. The maximum Gasteiger partial charge on any atom is 0.143 e. The predicted octanol–water partition coefficient (Wildman–Crippen LogP) is 18.7. The fraction of sp³-hybridized carbons (Fsp3) is 0. The van der Waals surface area contributed by atoms with Crippen LogP contribution in [0.15, 0.2) is 264 Å². The summed E-state index contributed by atoms with van der Waals surface area (Å²) in [5.74, 6) is 0. The van der Waals surface area contributed by atoms with Crippen LogP contribution in [0.3, 0.4) is 0 Å². The second-order valence-corrected chi connectivity index (χ2v) is 18.0. The summed E-state index contributed by atoms with van der Waals surface area (Å²) >= 11 is 0. The molecule has 0 unspecified atom stereocenters. The van der Waals surface area contributed by atoms with Gasteiger partial charge in [-0.1, -0.05) is 176 Å². The average molecular weight is 895 g/mol. The third-order valence-electron chi connectivity index (χ3n) is 14.0. The van der Waals surface area contributed by atoms with E-state index in [1.807, 2.05) is 18.2 Å². The van der Waals surface area contributed by atoms with E-state index in [0.717, 1.165) is 111 Å². The summed E-state index contributed by atoms with van der Waals surface area (Å²) in [7, 11) is 0. The lowest BCUT2D eigenvalue weighted by molar-refractivity contribution is 0.669. The molecule has 0 saturated heterocycles. The third kappa shape index (κ3) is 6.46. The van der Waals surface area contributed by atoms with E-state index in [0.29, 0.717) is 0 Å². The Kier molecular flexibility index (Phi) is 9.17. The van der Waals surface area contributed by atoms with Crippen molar-refractivity contribution in [2.75, 3.05) is 4.90 Å². The Labute approximate surface area is 404 Å². The van der Waals surface area contributed by atoms with Gasteiger partial charge in [0.25, 0.3) is 0 Å². The lowest BCUT2D eigenvalue weighted by Gasteiger charge is -2.27. The van der Waals surface area contributed by atoms with Crippen LogP contribution in [0.5, 0.6) is 0 Å². The van der Waals surface area contributed by atoms with Crippen molar-refractivity contribution in [2.45, 2.75) is 0 Å². The van der Waals surface area contributed by atoms with Crippen LogP contribution in [-0.2, 0) is 0 Å². The van der Waals surface area contributed by atoms with Gasteiger partial charge in [-0.2, -0.15) is 0 Å². The Morgan fingerprint density at radius 3 is 1.46 bits per heavy atom. The third-order valence-corrected chi connectivity index (χ3v) is 14.0. The summed E-state index contributed by atoms with van der Waals surface area (Å²) < 4.78 is 15.6. The van der Waals surface area contributed by atoms with Crippen LogP contribution in [0.25, 0.3) is 116 Å². The summed E-state index contributed by atoms with van der Waals surface area (Å²) in [6.07, 6.45) is 0. The molecule has 0 radical (unpaired) electrons. The second-order valence-electron chi connectivity index (χ2n) is 18.0. The van der Waals surface area contributed by atoms with E-state index in [2.05, 4.69) is 246 Å². The minimum Gasteiger partial charge on any atom is -0.455 e. The highest BCUT2D eigenvalue weighted by Gasteiger charge is 2.22. The highest BCUT2D eigenvalue weighted by molar-refractivity contribution is 6.13. The number of fused-ring (bicyclic) bond motifs is 9. The van der Waals surface area contributed by atoms with Gasteiger partial charge in [-0.25, -0.2) is 0 Å². The van der Waals surface area contributed by atoms with Crippen molar-refractivity contribution in [3.05, 3.63) is 255 Å². The second kappa shape index (κ2) is 16.2. The molecule has 0 aliphatic rings. The number of nitrogens with zero attached hydrogens (tertiary/aromatic N) is 2. The molecule has 4 heteroatoms. The van der Waals surface area contributed by atoms with Crippen molar-refractivity contribution in [3.63, 3.8) is 0 Å². The van der Waals surface area contributed by atoms with E-state index < -0.39 is 0 Å². The highest BCUT2D eigenvalue weighted by atomic mass is 16.3. The summed E-state index contributed by atoms with van der Waals surface area (Å²) in [6, 6.07) is 91.2. The Morgan fingerprint density at radius 1 is 0.271 bits per heavy atom. The van der Waals surface area contributed by atoms with Crippen molar-refractivity contribution < 1.29 is 8.83 Å². The first-order chi connectivity index (χ1) is 34.7. The Balaban J connectivity index is 0.978. The smallest absolute Gasteiger partial charge is 0.143 e. The minimum atomic E-state index is 0.878. The zero-order valence-electron chi connectivity index (χ0n) is 38.0. The van der Waals surface area contributed by atoms with Crippen molar-refractivity contribution >= 4 is 82.7 Å². The molecule has 0 saturated carbocycles. The molecule has 4 nitrogen and oxygen atoms in total. The molecule has 0 aliphatic carbocycles. The average Bonchev–Trinajstić information content (AvgIpc) is 4.12. The maximum atomic E-state index is 6.74. The topological polar surface area (TPSA) is 34.5 Å². The lowest BCUT2D eigenvalue weighted by atomic mass is 9.91. The van der Waals surface area contributed by atoms with Crippen molar-refractivity contribution in [2.24, 2.45) is 0 Å². The van der Waals surface area contributed by atoms with Crippen molar-refractivity contribution in [3.8, 4) is 50.2 Å². The van der Waals surface area contributed by atoms with Crippen LogP contribution in [-0.4, -0.2) is 4.57 Å². The molecule has 0 fully saturated rings. The molecule has 14 rings (SSSR count). The molecule has 0 N–H and O–H groups in total. The molecule has 0 spiro atoms. The predicted molar refractivity (Wildman–Crippen MR) is 292 cm³/mol. The molecule has 14 aromatic rings. The highest BCUT2D eigenvalue weighted by Crippen LogP contribution is 2.46. The van der Waals surface area contributed by atoms with E-state index in [4.69, 9.17) is 8.83 Å². The first-order valence-electron chi connectivity index (χ1n) is 23.8. The number of furan rings is 2. The van der Waals surface area contributed by atoms with Gasteiger partial charge in [0, 0.05) is 66.2 Å². The van der Waals surface area contributed by atoms with Gasteiger partial charge in [0.05, 0.1) is 11.0 Å². The van der Waals surface area contributed by atoms with Crippen LogP contribution in [0.1, 0.15) is 0 Å². The zero-order valence-corrected chi connectivity index (χ0v) is 38.0. The van der Waals surface area contributed by atoms with Gasteiger partial charge >= 0.3 is 0 Å². The van der Waals surface area contributed by atoms with Crippen molar-refractivity contribution in [1.82, 2.24) is 4.57 Å². The van der Waals surface area contributed by atoms with E-state index >= 15 is 0 Å². The van der Waals surface area contributed by atoms with Gasteiger partial charge in [0.15, 0.2) is 0 Å². The quantitative estimate of drug-likeness (QED) is 0.152. The van der Waals surface area contributed by atoms with Crippen LogP contribution in [0.2, 0.25) is 0 Å². The first kappa shape index (κ1) is 39.8. The normalized spacial score (nSPS) is 11.7. The molecule has 0 bridgehead atoms. The van der Waals surface area contributed by atoms with Crippen LogP contribution in [0.4, 0.5) is 17.1 Å². The van der Waals surface area contributed by atoms with E-state index in [9.17, 15) is 0 Å². The zero-order chi connectivity index (χ0) is 46.1. The number of hydrogen-bond donors (Lipinski definition) is 0. The summed E-state index contributed by atoms with van der Waals surface area (Å²) in [6.45, 7) is 0. The summed E-state index contributed by atoms with van der Waals surface area (Å²) in [5, 5.41) is 6.85. The van der Waals surface area contributed by atoms with Gasteiger partial charge in [0.2, 0.25) is 0 Å². The minimum absolute atomic E-state index is 0.878. The van der Waals surface area contributed by atoms with Gasteiger partial charge < -0.3 is 18.3 Å². The van der Waals surface area contributed by atoms with Gasteiger partial charge in [-0.15, -0.1) is 0 Å². The molecule has 3 aromatic heterocycles. The molecule has 0 aliphatic heterocycles. The van der Waals surface area contributed by atoms with E-state index in [1.165, 1.54) is 21.9 Å². The Morgan fingerprint density at radius 2 is 0.771 bits per heavy atom. The number of para-hydroxylation sites is 6. The number of benzene rings is 11. The SMILES string of the molecule is c1ccc(-c2ccc(N(c3ccc(-c4cccc5c4oc4ccccc45)cc3)c3ccc(-c4cccc5c4oc4ccccc45)c(-c4ccc5c(c4)c4ccccc4n5-c4ccccc4)c3)cc2)cc1. The summed E-state index contributed by atoms with van der Waals surface area (Å²) in [5.41, 5.74) is 19.0. The van der Waals surface area contributed by atoms with Crippen LogP contribution < -0.4 is 4.90 Å². The first-order valence-corrected chi connectivity index (χ1v) is 23.8. The van der Waals surface area contributed by atoms with Gasteiger partial charge in [-0.05, 0) is 112 Å². The van der Waals surface area contributed by atoms with Crippen LogP contribution >= 0.6 is 0 Å². The van der Waals surface area contributed by atoms with Gasteiger partial charge in [0.1, 0.15) is 22.3 Å². The lowest BCUT2D eigenvalue weighted by Crippen LogP contribution is -2.10. The Hall–Kier alpha value is -9.38. The molecule has 0 amide bonds. The largest absolute Gasteiger partial charge is 0.455 e. The molecular formula is C66H42N2O2. The fourth-order valence-electron chi connectivity index (χ4n) is 10.7.